The van der Waals surface area contributed by atoms with E-state index >= 15 is 0 Å². The number of hydrogen-bond acceptors (Lipinski definition) is 5. The number of aryl methyl sites for hydroxylation is 2. The molecule has 1 aromatic carbocycles. The van der Waals surface area contributed by atoms with Crippen molar-refractivity contribution < 1.29 is 9.47 Å². The number of guanidine groups is 1. The molecule has 0 radical (unpaired) electrons. The molecule has 2 aliphatic rings. The maximum absolute atomic E-state index is 12.3. The van der Waals surface area contributed by atoms with Gasteiger partial charge in [0.15, 0.2) is 17.5 Å². The molecule has 4 rings (SSSR count). The third-order valence-corrected chi connectivity index (χ3v) is 4.99. The van der Waals surface area contributed by atoms with Crippen molar-refractivity contribution in [3.63, 3.8) is 0 Å². The van der Waals surface area contributed by atoms with E-state index in [-0.39, 0.29) is 12.5 Å². The molecule has 0 saturated carbocycles. The summed E-state index contributed by atoms with van der Waals surface area (Å²) in [5.74, 6) is 3.19. The molecule has 0 saturated heterocycles. The molecule has 28 heavy (non-hydrogen) atoms. The van der Waals surface area contributed by atoms with Gasteiger partial charge in [-0.05, 0) is 37.0 Å². The Labute approximate surface area is 163 Å². The van der Waals surface area contributed by atoms with Crippen molar-refractivity contribution in [1.82, 2.24) is 25.0 Å². The molecule has 0 spiro atoms. The van der Waals surface area contributed by atoms with Gasteiger partial charge in [-0.2, -0.15) is 5.10 Å². The lowest BCUT2D eigenvalue weighted by atomic mass is 10.2. The lowest BCUT2D eigenvalue weighted by Crippen LogP contribution is -2.37. The quantitative estimate of drug-likeness (QED) is 0.435. The van der Waals surface area contributed by atoms with Gasteiger partial charge in [0.2, 0.25) is 6.79 Å². The molecule has 3 heterocycles. The van der Waals surface area contributed by atoms with Crippen molar-refractivity contribution in [2.24, 2.45) is 4.99 Å². The van der Waals surface area contributed by atoms with Gasteiger partial charge in [0, 0.05) is 39.6 Å². The first-order chi connectivity index (χ1) is 13.7. The smallest absolute Gasteiger partial charge is 0.345 e. The molecule has 1 aromatic heterocycles. The summed E-state index contributed by atoms with van der Waals surface area (Å²) >= 11 is 0. The van der Waals surface area contributed by atoms with Gasteiger partial charge >= 0.3 is 5.69 Å². The van der Waals surface area contributed by atoms with E-state index in [9.17, 15) is 4.79 Å². The average molecular weight is 386 g/mol. The van der Waals surface area contributed by atoms with Gasteiger partial charge in [-0.1, -0.05) is 6.07 Å². The summed E-state index contributed by atoms with van der Waals surface area (Å²) in [4.78, 5) is 16.6. The topological polar surface area (TPSA) is 94.7 Å². The van der Waals surface area contributed by atoms with Crippen LogP contribution >= 0.6 is 0 Å². The van der Waals surface area contributed by atoms with Gasteiger partial charge in [-0.15, -0.1) is 0 Å². The minimum absolute atomic E-state index is 0.0139. The lowest BCUT2D eigenvalue weighted by molar-refractivity contribution is 0.174. The first-order valence-corrected chi connectivity index (χ1v) is 9.74. The van der Waals surface area contributed by atoms with Gasteiger partial charge in [0.25, 0.3) is 0 Å². The molecule has 9 heteroatoms. The zero-order chi connectivity index (χ0) is 19.3. The van der Waals surface area contributed by atoms with Crippen LogP contribution in [0.25, 0.3) is 0 Å². The Kier molecular flexibility index (Phi) is 5.50. The molecule has 0 amide bonds. The summed E-state index contributed by atoms with van der Waals surface area (Å²) in [7, 11) is 1.74. The standard InChI is InChI=1S/C19H26N6O3/c1-20-18(22-12-14-6-7-15-16(11-14)28-13-27-15)21-8-4-10-25-19(26)24-9-3-2-5-17(24)23-25/h6-7,11H,2-5,8-10,12-13H2,1H3,(H2,20,21,22). The van der Waals surface area contributed by atoms with Crippen molar-refractivity contribution in [3.05, 3.63) is 40.1 Å². The van der Waals surface area contributed by atoms with E-state index < -0.39 is 0 Å². The van der Waals surface area contributed by atoms with Crippen LogP contribution in [0.15, 0.2) is 28.0 Å². The molecule has 0 fully saturated rings. The van der Waals surface area contributed by atoms with Crippen LogP contribution in [0.2, 0.25) is 0 Å². The minimum Gasteiger partial charge on any atom is -0.454 e. The number of nitrogens with zero attached hydrogens (tertiary/aromatic N) is 4. The van der Waals surface area contributed by atoms with Crippen LogP contribution in [0.3, 0.4) is 0 Å². The highest BCUT2D eigenvalue weighted by molar-refractivity contribution is 5.79. The summed E-state index contributed by atoms with van der Waals surface area (Å²) in [5.41, 5.74) is 1.10. The normalized spacial score (nSPS) is 15.4. The predicted octanol–water partition coefficient (Wildman–Crippen LogP) is 0.865. The summed E-state index contributed by atoms with van der Waals surface area (Å²) in [5, 5.41) is 11.0. The molecular weight excluding hydrogens is 360 g/mol. The first kappa shape index (κ1) is 18.4. The van der Waals surface area contributed by atoms with E-state index in [1.54, 1.807) is 11.7 Å². The van der Waals surface area contributed by atoms with Crippen molar-refractivity contribution >= 4 is 5.96 Å². The third-order valence-electron chi connectivity index (χ3n) is 4.99. The van der Waals surface area contributed by atoms with Crippen LogP contribution in [0.5, 0.6) is 11.5 Å². The number of aromatic nitrogens is 3. The third kappa shape index (κ3) is 3.97. The van der Waals surface area contributed by atoms with Crippen LogP contribution in [-0.2, 0) is 26.1 Å². The largest absolute Gasteiger partial charge is 0.454 e. The first-order valence-electron chi connectivity index (χ1n) is 9.74. The highest BCUT2D eigenvalue weighted by Crippen LogP contribution is 2.32. The molecule has 150 valence electrons. The number of fused-ring (bicyclic) bond motifs is 2. The van der Waals surface area contributed by atoms with Crippen LogP contribution in [0.4, 0.5) is 0 Å². The Morgan fingerprint density at radius 2 is 2.14 bits per heavy atom. The molecule has 2 aromatic rings. The highest BCUT2D eigenvalue weighted by Gasteiger charge is 2.16. The molecule has 2 aliphatic heterocycles. The van der Waals surface area contributed by atoms with Gasteiger partial charge in [-0.3, -0.25) is 9.56 Å². The minimum atomic E-state index is 0.0139. The lowest BCUT2D eigenvalue weighted by Gasteiger charge is -2.12. The Balaban J connectivity index is 1.23. The molecule has 0 unspecified atom stereocenters. The van der Waals surface area contributed by atoms with Gasteiger partial charge in [0.1, 0.15) is 5.82 Å². The monoisotopic (exact) mass is 386 g/mol. The van der Waals surface area contributed by atoms with Crippen LogP contribution < -0.4 is 25.8 Å². The van der Waals surface area contributed by atoms with E-state index in [1.807, 2.05) is 22.8 Å². The second-order valence-corrected chi connectivity index (χ2v) is 6.92. The predicted molar refractivity (Wildman–Crippen MR) is 105 cm³/mol. The molecular formula is C19H26N6O3. The maximum Gasteiger partial charge on any atom is 0.345 e. The van der Waals surface area contributed by atoms with Crippen LogP contribution in [-0.4, -0.2) is 40.7 Å². The number of benzene rings is 1. The van der Waals surface area contributed by atoms with E-state index in [0.29, 0.717) is 25.6 Å². The summed E-state index contributed by atoms with van der Waals surface area (Å²) in [6.07, 6.45) is 3.87. The van der Waals surface area contributed by atoms with Crippen molar-refractivity contribution in [1.29, 1.82) is 0 Å². The number of rotatable bonds is 6. The molecule has 2 N–H and O–H groups in total. The fourth-order valence-electron chi connectivity index (χ4n) is 3.49. The van der Waals surface area contributed by atoms with Gasteiger partial charge < -0.3 is 20.1 Å². The zero-order valence-corrected chi connectivity index (χ0v) is 16.1. The summed E-state index contributed by atoms with van der Waals surface area (Å²) in [6, 6.07) is 5.88. The second kappa shape index (κ2) is 8.37. The van der Waals surface area contributed by atoms with Gasteiger partial charge in [-0.25, -0.2) is 9.48 Å². The van der Waals surface area contributed by atoms with E-state index in [0.717, 1.165) is 55.1 Å². The summed E-state index contributed by atoms with van der Waals surface area (Å²) < 4.78 is 14.1. The molecule has 0 aliphatic carbocycles. The number of hydrogen-bond donors (Lipinski definition) is 2. The fourth-order valence-corrected chi connectivity index (χ4v) is 3.49. The van der Waals surface area contributed by atoms with Crippen LogP contribution in [0, 0.1) is 0 Å². The Hall–Kier alpha value is -2.97. The fraction of sp³-hybridized carbons (Fsp3) is 0.526. The Morgan fingerprint density at radius 1 is 1.25 bits per heavy atom. The number of ether oxygens (including phenoxy) is 2. The Bertz CT molecular complexity index is 917. The highest BCUT2D eigenvalue weighted by atomic mass is 16.7. The zero-order valence-electron chi connectivity index (χ0n) is 16.1. The van der Waals surface area contributed by atoms with Crippen molar-refractivity contribution in [3.8, 4) is 11.5 Å². The average Bonchev–Trinajstić information content (AvgIpc) is 3.32. The molecule has 9 nitrogen and oxygen atoms in total. The molecule has 0 atom stereocenters. The maximum atomic E-state index is 12.3. The SMILES string of the molecule is CN=C(NCCCn1nc2n(c1=O)CCCC2)NCc1ccc2c(c1)OCO2. The second-order valence-electron chi connectivity index (χ2n) is 6.92. The Morgan fingerprint density at radius 3 is 3.00 bits per heavy atom. The van der Waals surface area contributed by atoms with Gasteiger partial charge in [0.05, 0.1) is 0 Å². The van der Waals surface area contributed by atoms with E-state index in [2.05, 4.69) is 20.7 Å². The van der Waals surface area contributed by atoms with Crippen molar-refractivity contribution in [2.75, 3.05) is 20.4 Å². The van der Waals surface area contributed by atoms with Crippen molar-refractivity contribution in [2.45, 2.75) is 45.3 Å². The molecule has 0 bridgehead atoms. The number of aliphatic imine (C=N–C) groups is 1. The van der Waals surface area contributed by atoms with Crippen LogP contribution in [0.1, 0.15) is 30.7 Å². The summed E-state index contributed by atoms with van der Waals surface area (Å²) in [6.45, 7) is 3.01. The van der Waals surface area contributed by atoms with E-state index in [1.165, 1.54) is 0 Å². The number of nitrogens with one attached hydrogen (secondary N) is 2. The van der Waals surface area contributed by atoms with E-state index in [4.69, 9.17) is 9.47 Å².